The molecule has 0 radical (unpaired) electrons. The molecule has 10 nitrogen and oxygen atoms in total. The molecule has 4 aromatic rings. The van der Waals surface area contributed by atoms with Gasteiger partial charge < -0.3 is 29.7 Å². The molecule has 0 saturated carbocycles. The molecule has 2 aromatic heterocycles. The van der Waals surface area contributed by atoms with Gasteiger partial charge in [-0.2, -0.15) is 4.98 Å². The van der Waals surface area contributed by atoms with E-state index in [0.29, 0.717) is 22.3 Å². The molecule has 2 aliphatic heterocycles. The molecular weight excluding hydrogens is 675 g/mol. The summed E-state index contributed by atoms with van der Waals surface area (Å²) in [6.07, 6.45) is 4.97. The van der Waals surface area contributed by atoms with Crippen LogP contribution in [0.2, 0.25) is 0 Å². The number of benzene rings is 2. The van der Waals surface area contributed by atoms with Crippen molar-refractivity contribution in [2.45, 2.75) is 39.2 Å². The van der Waals surface area contributed by atoms with Gasteiger partial charge in [0.05, 0.1) is 28.5 Å². The van der Waals surface area contributed by atoms with Crippen LogP contribution in [0, 0.1) is 6.92 Å². The van der Waals surface area contributed by atoms with Gasteiger partial charge in [0.1, 0.15) is 18.7 Å². The SMILES string of the molecule is CCc1cc(Nc2ncc(Br)c(Nc3ccc4nc(C)ccc4c3P(C)(C)=O)n2)c(OC)cc1N1CCC(N2CCN(C)CC2)CC1. The number of aryl methyl sites for hydroxylation is 2. The Morgan fingerprint density at radius 3 is 2.40 bits per heavy atom. The summed E-state index contributed by atoms with van der Waals surface area (Å²) in [5.74, 6) is 1.73. The quantitative estimate of drug-likeness (QED) is 0.184. The lowest BCUT2D eigenvalue weighted by molar-refractivity contribution is 0.0982. The van der Waals surface area contributed by atoms with E-state index >= 15 is 0 Å². The Kier molecular flexibility index (Phi) is 10.1. The third-order valence-corrected chi connectivity index (χ3v) is 11.5. The number of methoxy groups -OCH3 is 1. The van der Waals surface area contributed by atoms with E-state index in [4.69, 9.17) is 9.72 Å². The fourth-order valence-corrected chi connectivity index (χ4v) is 8.62. The van der Waals surface area contributed by atoms with Crippen molar-refractivity contribution in [2.24, 2.45) is 0 Å². The van der Waals surface area contributed by atoms with Crippen LogP contribution in [-0.2, 0) is 11.0 Å². The first-order valence-corrected chi connectivity index (χ1v) is 19.8. The molecule has 2 N–H and O–H groups in total. The first-order valence-electron chi connectivity index (χ1n) is 16.4. The second-order valence-corrected chi connectivity index (χ2v) is 17.1. The van der Waals surface area contributed by atoms with Crippen molar-refractivity contribution in [1.82, 2.24) is 24.8 Å². The molecule has 2 saturated heterocycles. The summed E-state index contributed by atoms with van der Waals surface area (Å²) in [5.41, 5.74) is 5.78. The number of pyridine rings is 1. The zero-order valence-electron chi connectivity index (χ0n) is 28.3. The van der Waals surface area contributed by atoms with Crippen LogP contribution in [0.1, 0.15) is 31.0 Å². The number of fused-ring (bicyclic) bond motifs is 1. The number of nitrogens with zero attached hydrogens (tertiary/aromatic N) is 6. The summed E-state index contributed by atoms with van der Waals surface area (Å²) in [6, 6.07) is 12.8. The standard InChI is InChI=1S/C35H46BrN8O2P/c1-7-24-20-30(32(46-4)21-31(24)44-14-12-25(13-15-44)43-18-16-42(3)17-19-43)40-35-37-22-27(36)34(41-35)39-29-11-10-28-26(9-8-23(2)38-28)33(29)47(5,6)45/h8-11,20-22,25H,7,12-19H2,1-6H3,(H2,37,39,40,41). The second-order valence-electron chi connectivity index (χ2n) is 13.1. The molecule has 0 aliphatic carbocycles. The molecule has 2 aromatic carbocycles. The van der Waals surface area contributed by atoms with Crippen LogP contribution in [0.3, 0.4) is 0 Å². The number of halogens is 1. The number of piperidine rings is 1. The average Bonchev–Trinajstić information content (AvgIpc) is 3.06. The van der Waals surface area contributed by atoms with Gasteiger partial charge in [-0.3, -0.25) is 9.88 Å². The van der Waals surface area contributed by atoms with Crippen LogP contribution in [0.15, 0.2) is 47.1 Å². The van der Waals surface area contributed by atoms with E-state index in [0.717, 1.165) is 71.6 Å². The van der Waals surface area contributed by atoms with Crippen LogP contribution in [0.5, 0.6) is 5.75 Å². The largest absolute Gasteiger partial charge is 0.494 e. The van der Waals surface area contributed by atoms with Crippen LogP contribution in [0.4, 0.5) is 28.8 Å². The minimum Gasteiger partial charge on any atom is -0.494 e. The Bertz CT molecular complexity index is 1800. The van der Waals surface area contributed by atoms with Crippen molar-refractivity contribution in [3.63, 3.8) is 0 Å². The Hall–Kier alpha value is -3.24. The smallest absolute Gasteiger partial charge is 0.229 e. The summed E-state index contributed by atoms with van der Waals surface area (Å²) in [6.45, 7) is 14.5. The number of nitrogens with one attached hydrogen (secondary N) is 2. The maximum absolute atomic E-state index is 13.5. The maximum atomic E-state index is 13.5. The third kappa shape index (κ3) is 7.43. The number of anilines is 5. The zero-order chi connectivity index (χ0) is 33.3. The molecule has 12 heteroatoms. The number of ether oxygens (including phenoxy) is 1. The van der Waals surface area contributed by atoms with Gasteiger partial charge in [-0.15, -0.1) is 0 Å². The highest BCUT2D eigenvalue weighted by Gasteiger charge is 2.28. The van der Waals surface area contributed by atoms with Crippen molar-refractivity contribution in [2.75, 3.05) is 82.3 Å². The molecule has 0 unspecified atom stereocenters. The normalized spacial score (nSPS) is 16.9. The number of hydrogen-bond donors (Lipinski definition) is 2. The number of hydrogen-bond acceptors (Lipinski definition) is 10. The predicted octanol–water partition coefficient (Wildman–Crippen LogP) is 6.62. The van der Waals surface area contributed by atoms with E-state index in [2.05, 4.69) is 77.3 Å². The Labute approximate surface area is 286 Å². The van der Waals surface area contributed by atoms with Gasteiger partial charge in [-0.05, 0) is 92.3 Å². The highest BCUT2D eigenvalue weighted by molar-refractivity contribution is 9.10. The topological polar surface area (TPSA) is 98.7 Å². The van der Waals surface area contributed by atoms with Crippen molar-refractivity contribution in [3.05, 3.63) is 58.3 Å². The third-order valence-electron chi connectivity index (χ3n) is 9.41. The molecule has 0 atom stereocenters. The van der Waals surface area contributed by atoms with Gasteiger partial charge in [0.2, 0.25) is 5.95 Å². The fraction of sp³-hybridized carbons (Fsp3) is 0.457. The lowest BCUT2D eigenvalue weighted by Gasteiger charge is -2.43. The van der Waals surface area contributed by atoms with Crippen molar-refractivity contribution < 1.29 is 9.30 Å². The number of aromatic nitrogens is 3. The molecule has 47 heavy (non-hydrogen) atoms. The minimum atomic E-state index is -2.69. The first kappa shape index (κ1) is 33.7. The summed E-state index contributed by atoms with van der Waals surface area (Å²) in [5, 5.41) is 8.47. The molecule has 2 fully saturated rings. The maximum Gasteiger partial charge on any atom is 0.229 e. The summed E-state index contributed by atoms with van der Waals surface area (Å²) < 4.78 is 20.1. The lowest BCUT2D eigenvalue weighted by atomic mass is 9.99. The average molecular weight is 722 g/mol. The van der Waals surface area contributed by atoms with E-state index in [1.54, 1.807) is 26.6 Å². The molecular formula is C35H46BrN8O2P. The molecule has 0 spiro atoms. The summed E-state index contributed by atoms with van der Waals surface area (Å²) in [4.78, 5) is 21.7. The van der Waals surface area contributed by atoms with Crippen molar-refractivity contribution in [1.29, 1.82) is 0 Å². The fourth-order valence-electron chi connectivity index (χ4n) is 6.85. The van der Waals surface area contributed by atoms with Gasteiger partial charge in [-0.1, -0.05) is 13.0 Å². The summed E-state index contributed by atoms with van der Waals surface area (Å²) in [7, 11) is 1.24. The van der Waals surface area contributed by atoms with E-state index in [1.165, 1.54) is 37.2 Å². The number of likely N-dealkylation sites (N-methyl/N-ethyl adjacent to an activating group) is 1. The van der Waals surface area contributed by atoms with Crippen LogP contribution < -0.4 is 25.6 Å². The Morgan fingerprint density at radius 1 is 0.979 bits per heavy atom. The van der Waals surface area contributed by atoms with Crippen molar-refractivity contribution >= 4 is 68.1 Å². The van der Waals surface area contributed by atoms with Crippen LogP contribution in [0.25, 0.3) is 10.9 Å². The van der Waals surface area contributed by atoms with E-state index in [-0.39, 0.29) is 0 Å². The van der Waals surface area contributed by atoms with Gasteiger partial charge in [-0.25, -0.2) is 4.98 Å². The molecule has 6 rings (SSSR count). The van der Waals surface area contributed by atoms with E-state index in [9.17, 15) is 4.57 Å². The predicted molar refractivity (Wildman–Crippen MR) is 199 cm³/mol. The highest BCUT2D eigenvalue weighted by Crippen LogP contribution is 2.42. The summed E-state index contributed by atoms with van der Waals surface area (Å²) >= 11 is 3.61. The molecule has 250 valence electrons. The highest BCUT2D eigenvalue weighted by atomic mass is 79.9. The molecule has 0 amide bonds. The minimum absolute atomic E-state index is 0.424. The first-order chi connectivity index (χ1) is 22.5. The second kappa shape index (κ2) is 14.1. The number of rotatable bonds is 9. The zero-order valence-corrected chi connectivity index (χ0v) is 30.8. The van der Waals surface area contributed by atoms with Gasteiger partial charge in [0.25, 0.3) is 0 Å². The Balaban J connectivity index is 1.23. The number of piperazine rings is 1. The van der Waals surface area contributed by atoms with E-state index in [1.807, 2.05) is 31.2 Å². The van der Waals surface area contributed by atoms with Gasteiger partial charge in [0.15, 0.2) is 0 Å². The van der Waals surface area contributed by atoms with Crippen molar-refractivity contribution in [3.8, 4) is 5.75 Å². The van der Waals surface area contributed by atoms with E-state index < -0.39 is 7.14 Å². The monoisotopic (exact) mass is 720 g/mol. The van der Waals surface area contributed by atoms with Crippen LogP contribution in [-0.4, -0.2) is 97.5 Å². The molecule has 4 heterocycles. The molecule has 2 aliphatic rings. The molecule has 0 bridgehead atoms. The van der Waals surface area contributed by atoms with Crippen LogP contribution >= 0.6 is 23.1 Å². The van der Waals surface area contributed by atoms with Gasteiger partial charge in [0, 0.05) is 79.6 Å². The van der Waals surface area contributed by atoms with Gasteiger partial charge >= 0.3 is 0 Å². The Morgan fingerprint density at radius 2 is 1.72 bits per heavy atom. The lowest BCUT2D eigenvalue weighted by Crippen LogP contribution is -2.52.